The monoisotopic (exact) mass is 505 g/mol. The van der Waals surface area contributed by atoms with E-state index in [4.69, 9.17) is 26.8 Å². The second-order valence-corrected chi connectivity index (χ2v) is 8.43. The van der Waals surface area contributed by atoms with E-state index >= 15 is 0 Å². The molecule has 34 heavy (non-hydrogen) atoms. The number of nitrogens with zero attached hydrogens (tertiary/aromatic N) is 1. The van der Waals surface area contributed by atoms with Crippen molar-refractivity contribution in [2.24, 2.45) is 5.73 Å². The molecule has 0 bridgehead atoms. The number of imidazole rings is 1. The van der Waals surface area contributed by atoms with E-state index in [1.54, 1.807) is 6.07 Å². The molecule has 0 radical (unpaired) electrons. The van der Waals surface area contributed by atoms with Gasteiger partial charge >= 0.3 is 5.97 Å². The van der Waals surface area contributed by atoms with Crippen LogP contribution >= 0.6 is 24.0 Å². The lowest BCUT2D eigenvalue weighted by Gasteiger charge is -2.16. The summed E-state index contributed by atoms with van der Waals surface area (Å²) in [6.07, 6.45) is 6.06. The lowest BCUT2D eigenvalue weighted by molar-refractivity contribution is 0.0495. The van der Waals surface area contributed by atoms with E-state index in [9.17, 15) is 4.79 Å². The molecule has 184 valence electrons. The van der Waals surface area contributed by atoms with Crippen LogP contribution in [0.25, 0.3) is 11.3 Å². The van der Waals surface area contributed by atoms with Gasteiger partial charge in [-0.25, -0.2) is 9.78 Å². The predicted molar refractivity (Wildman–Crippen MR) is 139 cm³/mol. The standard InChI is InChI=1S/C26H32ClN3O3.ClH/c1-3-5-13-32-24-12-9-19(15-21(24)26(31)33-14-6-4-2)22(28)16-25-29-17-23(30-25)18-7-10-20(27)11-8-18;/h7-12,15,17,22H,3-6,13-14,16,28H2,1-2H3,(H,29,30);1H. The first-order valence-electron chi connectivity index (χ1n) is 11.5. The van der Waals surface area contributed by atoms with Crippen molar-refractivity contribution in [1.82, 2.24) is 9.97 Å². The van der Waals surface area contributed by atoms with Crippen molar-refractivity contribution in [2.45, 2.75) is 52.0 Å². The van der Waals surface area contributed by atoms with Crippen LogP contribution in [0.3, 0.4) is 0 Å². The number of H-pyrrole nitrogens is 1. The molecule has 0 aliphatic carbocycles. The van der Waals surface area contributed by atoms with Crippen molar-refractivity contribution in [2.75, 3.05) is 13.2 Å². The van der Waals surface area contributed by atoms with Crippen LogP contribution in [-0.4, -0.2) is 29.2 Å². The number of aromatic amines is 1. The van der Waals surface area contributed by atoms with Crippen molar-refractivity contribution >= 4 is 30.0 Å². The van der Waals surface area contributed by atoms with Crippen molar-refractivity contribution < 1.29 is 14.3 Å². The van der Waals surface area contributed by atoms with Crippen LogP contribution in [-0.2, 0) is 11.2 Å². The third-order valence-corrected chi connectivity index (χ3v) is 5.57. The van der Waals surface area contributed by atoms with E-state index in [0.717, 1.165) is 48.3 Å². The Morgan fingerprint density at radius 3 is 2.50 bits per heavy atom. The number of benzene rings is 2. The number of esters is 1. The highest BCUT2D eigenvalue weighted by molar-refractivity contribution is 6.30. The van der Waals surface area contributed by atoms with Crippen molar-refractivity contribution in [3.63, 3.8) is 0 Å². The van der Waals surface area contributed by atoms with Gasteiger partial charge in [0.25, 0.3) is 0 Å². The number of hydrogen-bond acceptors (Lipinski definition) is 5. The Balaban J connectivity index is 0.00000408. The Kier molecular flexibility index (Phi) is 11.4. The molecule has 0 fully saturated rings. The van der Waals surface area contributed by atoms with Crippen LogP contribution < -0.4 is 10.5 Å². The fourth-order valence-corrected chi connectivity index (χ4v) is 3.46. The number of carbonyl (C=O) groups is 1. The summed E-state index contributed by atoms with van der Waals surface area (Å²) in [4.78, 5) is 20.6. The molecule has 6 nitrogen and oxygen atoms in total. The number of carbonyl (C=O) groups excluding carboxylic acids is 1. The number of aromatic nitrogens is 2. The highest BCUT2D eigenvalue weighted by Crippen LogP contribution is 2.26. The zero-order valence-corrected chi connectivity index (χ0v) is 21.3. The van der Waals surface area contributed by atoms with E-state index in [-0.39, 0.29) is 24.4 Å². The first-order chi connectivity index (χ1) is 16.0. The molecule has 3 N–H and O–H groups in total. The van der Waals surface area contributed by atoms with Crippen LogP contribution in [0.5, 0.6) is 5.75 Å². The van der Waals surface area contributed by atoms with Gasteiger partial charge in [-0.15, -0.1) is 12.4 Å². The molecule has 0 amide bonds. The molecule has 0 saturated heterocycles. The lowest BCUT2D eigenvalue weighted by atomic mass is 10.0. The van der Waals surface area contributed by atoms with Gasteiger partial charge in [0.2, 0.25) is 0 Å². The second kappa shape index (κ2) is 14.0. The first-order valence-corrected chi connectivity index (χ1v) is 11.9. The maximum Gasteiger partial charge on any atom is 0.341 e. The summed E-state index contributed by atoms with van der Waals surface area (Å²) >= 11 is 5.97. The van der Waals surface area contributed by atoms with E-state index in [0.29, 0.717) is 36.0 Å². The summed E-state index contributed by atoms with van der Waals surface area (Å²) in [6.45, 7) is 5.09. The quantitative estimate of drug-likeness (QED) is 0.215. The fourth-order valence-electron chi connectivity index (χ4n) is 3.34. The topological polar surface area (TPSA) is 90.2 Å². The molecule has 0 spiro atoms. The highest BCUT2D eigenvalue weighted by atomic mass is 35.5. The molecule has 1 unspecified atom stereocenters. The molecule has 0 aliphatic rings. The molecule has 1 heterocycles. The van der Waals surface area contributed by atoms with E-state index in [1.165, 1.54) is 0 Å². The average molecular weight is 506 g/mol. The van der Waals surface area contributed by atoms with Crippen LogP contribution in [0.2, 0.25) is 5.02 Å². The summed E-state index contributed by atoms with van der Waals surface area (Å²) < 4.78 is 11.3. The van der Waals surface area contributed by atoms with Crippen LogP contribution in [0, 0.1) is 0 Å². The maximum atomic E-state index is 12.7. The van der Waals surface area contributed by atoms with Gasteiger partial charge < -0.3 is 20.2 Å². The number of rotatable bonds is 12. The predicted octanol–water partition coefficient (Wildman–Crippen LogP) is 6.53. The summed E-state index contributed by atoms with van der Waals surface area (Å²) in [7, 11) is 0. The number of ether oxygens (including phenoxy) is 2. The number of nitrogens with two attached hydrogens (primary N) is 1. The number of nitrogens with one attached hydrogen (secondary N) is 1. The minimum Gasteiger partial charge on any atom is -0.493 e. The maximum absolute atomic E-state index is 12.7. The van der Waals surface area contributed by atoms with Crippen molar-refractivity contribution in [3.05, 3.63) is 70.6 Å². The number of halogens is 2. The Hall–Kier alpha value is -2.54. The number of unbranched alkanes of at least 4 members (excludes halogenated alkanes) is 2. The van der Waals surface area contributed by atoms with Crippen molar-refractivity contribution in [3.8, 4) is 17.0 Å². The van der Waals surface area contributed by atoms with Gasteiger partial charge in [0.05, 0.1) is 18.9 Å². The van der Waals surface area contributed by atoms with Gasteiger partial charge in [0.15, 0.2) is 0 Å². The molecule has 3 rings (SSSR count). The zero-order chi connectivity index (χ0) is 23.6. The first kappa shape index (κ1) is 27.7. The minimum atomic E-state index is -0.382. The van der Waals surface area contributed by atoms with Gasteiger partial charge in [0, 0.05) is 29.2 Å². The molecule has 3 aromatic rings. The van der Waals surface area contributed by atoms with Gasteiger partial charge in [0.1, 0.15) is 17.1 Å². The average Bonchev–Trinajstić information content (AvgIpc) is 3.28. The molecule has 1 aromatic heterocycles. The Morgan fingerprint density at radius 2 is 1.79 bits per heavy atom. The molecular formula is C26H33Cl2N3O3. The summed E-state index contributed by atoms with van der Waals surface area (Å²) in [6, 6.07) is 12.7. The largest absolute Gasteiger partial charge is 0.493 e. The van der Waals surface area contributed by atoms with Gasteiger partial charge in [-0.2, -0.15) is 0 Å². The Labute approximate surface area is 212 Å². The summed E-state index contributed by atoms with van der Waals surface area (Å²) in [5.41, 5.74) is 9.52. The van der Waals surface area contributed by atoms with Crippen LogP contribution in [0.4, 0.5) is 0 Å². The molecule has 8 heteroatoms. The smallest absolute Gasteiger partial charge is 0.341 e. The third-order valence-electron chi connectivity index (χ3n) is 5.32. The van der Waals surface area contributed by atoms with Gasteiger partial charge in [-0.05, 0) is 42.7 Å². The molecule has 0 aliphatic heterocycles. The van der Waals surface area contributed by atoms with E-state index in [2.05, 4.69) is 23.8 Å². The normalized spacial score (nSPS) is 11.5. The summed E-state index contributed by atoms with van der Waals surface area (Å²) in [5, 5.41) is 0.683. The van der Waals surface area contributed by atoms with Gasteiger partial charge in [-0.3, -0.25) is 0 Å². The molecule has 2 aromatic carbocycles. The van der Waals surface area contributed by atoms with Crippen LogP contribution in [0.1, 0.15) is 67.3 Å². The fraction of sp³-hybridized carbons (Fsp3) is 0.385. The SMILES string of the molecule is CCCCOC(=O)c1cc(C(N)Cc2nc(-c3ccc(Cl)cc3)c[nH]2)ccc1OCCCC.Cl. The molecular weight excluding hydrogens is 473 g/mol. The van der Waals surface area contributed by atoms with E-state index in [1.807, 2.05) is 42.6 Å². The second-order valence-electron chi connectivity index (χ2n) is 8.00. The van der Waals surface area contributed by atoms with Crippen LogP contribution in [0.15, 0.2) is 48.7 Å². The molecule has 1 atom stereocenters. The third kappa shape index (κ3) is 7.76. The summed E-state index contributed by atoms with van der Waals surface area (Å²) in [5.74, 6) is 0.915. The Morgan fingerprint density at radius 1 is 1.09 bits per heavy atom. The van der Waals surface area contributed by atoms with E-state index < -0.39 is 0 Å². The highest BCUT2D eigenvalue weighted by Gasteiger charge is 2.18. The minimum absolute atomic E-state index is 0. The molecule has 0 saturated carbocycles. The Bertz CT molecular complexity index is 1040. The van der Waals surface area contributed by atoms with Gasteiger partial charge in [-0.1, -0.05) is 56.5 Å². The zero-order valence-electron chi connectivity index (χ0n) is 19.7. The van der Waals surface area contributed by atoms with Crippen molar-refractivity contribution in [1.29, 1.82) is 0 Å². The number of hydrogen-bond donors (Lipinski definition) is 2. The lowest BCUT2D eigenvalue weighted by Crippen LogP contribution is -2.16.